The fourth-order valence-electron chi connectivity index (χ4n) is 1.80. The van der Waals surface area contributed by atoms with Gasteiger partial charge in [-0.05, 0) is 19.1 Å². The van der Waals surface area contributed by atoms with Crippen LogP contribution in [0.1, 0.15) is 11.9 Å². The van der Waals surface area contributed by atoms with Crippen LogP contribution in [0.3, 0.4) is 0 Å². The number of amides is 1. The molecule has 1 amide bonds. The van der Waals surface area contributed by atoms with E-state index in [2.05, 4.69) is 16.9 Å². The van der Waals surface area contributed by atoms with E-state index in [1.807, 2.05) is 24.3 Å². The molecule has 122 valence electrons. The molecule has 0 aliphatic heterocycles. The Hall–Kier alpha value is -2.25. The number of hydrogen-bond donors (Lipinski definition) is 1. The number of esters is 1. The van der Waals surface area contributed by atoms with E-state index in [1.165, 1.54) is 18.3 Å². The molecule has 1 N–H and O–H groups in total. The van der Waals surface area contributed by atoms with Crippen LogP contribution >= 0.6 is 11.3 Å². The molecule has 6 nitrogen and oxygen atoms in total. The molecule has 23 heavy (non-hydrogen) atoms. The number of thiazole rings is 1. The summed E-state index contributed by atoms with van der Waals surface area (Å²) in [6.45, 7) is 5.32. The van der Waals surface area contributed by atoms with Gasteiger partial charge in [0.25, 0.3) is 5.91 Å². The van der Waals surface area contributed by atoms with Crippen molar-refractivity contribution in [3.8, 4) is 0 Å². The number of rotatable bonds is 8. The van der Waals surface area contributed by atoms with Gasteiger partial charge in [0.1, 0.15) is 11.6 Å². The van der Waals surface area contributed by atoms with Crippen LogP contribution < -0.4 is 5.32 Å². The Kier molecular flexibility index (Phi) is 6.25. The van der Waals surface area contributed by atoms with Crippen LogP contribution in [0.4, 0.5) is 0 Å². The summed E-state index contributed by atoms with van der Waals surface area (Å²) >= 11 is 1.52. The van der Waals surface area contributed by atoms with Crippen molar-refractivity contribution in [2.75, 3.05) is 13.2 Å². The zero-order valence-electron chi connectivity index (χ0n) is 12.8. The number of hydrogen-bond acceptors (Lipinski definition) is 6. The van der Waals surface area contributed by atoms with Gasteiger partial charge in [0, 0.05) is 6.54 Å². The van der Waals surface area contributed by atoms with Crippen molar-refractivity contribution >= 4 is 33.4 Å². The molecule has 0 bridgehead atoms. The predicted molar refractivity (Wildman–Crippen MR) is 88.0 cm³/mol. The Morgan fingerprint density at radius 2 is 2.22 bits per heavy atom. The summed E-state index contributed by atoms with van der Waals surface area (Å²) in [5.74, 6) is -0.961. The third-order valence-electron chi connectivity index (χ3n) is 2.88. The van der Waals surface area contributed by atoms with Crippen LogP contribution in [0.25, 0.3) is 10.2 Å². The van der Waals surface area contributed by atoms with E-state index < -0.39 is 12.1 Å². The van der Waals surface area contributed by atoms with Gasteiger partial charge in [-0.25, -0.2) is 9.78 Å². The highest BCUT2D eigenvalue weighted by Gasteiger charge is 2.17. The van der Waals surface area contributed by atoms with Crippen LogP contribution in [0.2, 0.25) is 0 Å². The molecule has 1 heterocycles. The van der Waals surface area contributed by atoms with E-state index in [9.17, 15) is 9.59 Å². The second kappa shape index (κ2) is 8.40. The fraction of sp³-hybridized carbons (Fsp3) is 0.312. The van der Waals surface area contributed by atoms with E-state index in [4.69, 9.17) is 9.47 Å². The highest BCUT2D eigenvalue weighted by atomic mass is 32.1. The maximum atomic E-state index is 11.6. The molecule has 0 saturated carbocycles. The standard InChI is InChI=1S/C16H18N2O4S/c1-3-8-17-16(20)11(2)22-15(19)10-21-9-14-18-12-6-4-5-7-13(12)23-14/h3-7,11H,1,8-10H2,2H3,(H,17,20)/t11-/m0/s1. The first-order valence-electron chi connectivity index (χ1n) is 7.10. The summed E-state index contributed by atoms with van der Waals surface area (Å²) in [5.41, 5.74) is 0.909. The average Bonchev–Trinajstić information content (AvgIpc) is 2.95. The highest BCUT2D eigenvalue weighted by Crippen LogP contribution is 2.21. The molecule has 2 rings (SSSR count). The zero-order valence-corrected chi connectivity index (χ0v) is 13.6. The first-order chi connectivity index (χ1) is 11.1. The third-order valence-corrected chi connectivity index (χ3v) is 3.89. The third kappa shape index (κ3) is 5.15. The Morgan fingerprint density at radius 3 is 2.96 bits per heavy atom. The molecule has 1 atom stereocenters. The normalized spacial score (nSPS) is 11.9. The first-order valence-corrected chi connectivity index (χ1v) is 7.92. The number of para-hydroxylation sites is 1. The number of carbonyl (C=O) groups is 2. The quantitative estimate of drug-likeness (QED) is 0.590. The van der Waals surface area contributed by atoms with Gasteiger partial charge >= 0.3 is 5.97 Å². The van der Waals surface area contributed by atoms with Crippen LogP contribution in [0, 0.1) is 0 Å². The molecule has 0 radical (unpaired) electrons. The monoisotopic (exact) mass is 334 g/mol. The Bertz CT molecular complexity index is 665. The molecule has 1 aromatic heterocycles. The lowest BCUT2D eigenvalue weighted by atomic mass is 10.3. The summed E-state index contributed by atoms with van der Waals surface area (Å²) in [6.07, 6.45) is 0.682. The number of fused-ring (bicyclic) bond motifs is 1. The van der Waals surface area contributed by atoms with Crippen LogP contribution in [0.15, 0.2) is 36.9 Å². The van der Waals surface area contributed by atoms with E-state index in [1.54, 1.807) is 6.08 Å². The highest BCUT2D eigenvalue weighted by molar-refractivity contribution is 7.18. The van der Waals surface area contributed by atoms with Crippen LogP contribution in [0.5, 0.6) is 0 Å². The molecule has 0 fully saturated rings. The smallest absolute Gasteiger partial charge is 0.332 e. The van der Waals surface area contributed by atoms with Crippen LogP contribution in [-0.4, -0.2) is 36.1 Å². The molecular weight excluding hydrogens is 316 g/mol. The molecule has 0 aliphatic carbocycles. The summed E-state index contributed by atoms with van der Waals surface area (Å²) < 4.78 is 11.3. The Balaban J connectivity index is 1.74. The summed E-state index contributed by atoms with van der Waals surface area (Å²) in [4.78, 5) is 27.6. The topological polar surface area (TPSA) is 77.5 Å². The van der Waals surface area contributed by atoms with E-state index >= 15 is 0 Å². The zero-order chi connectivity index (χ0) is 16.7. The SMILES string of the molecule is C=CCNC(=O)[C@H](C)OC(=O)COCc1nc2ccccc2s1. The Morgan fingerprint density at radius 1 is 1.43 bits per heavy atom. The van der Waals surface area contributed by atoms with Gasteiger partial charge in [-0.1, -0.05) is 18.2 Å². The lowest BCUT2D eigenvalue weighted by Gasteiger charge is -2.12. The van der Waals surface area contributed by atoms with Gasteiger partial charge in [0.15, 0.2) is 6.10 Å². The summed E-state index contributed by atoms with van der Waals surface area (Å²) in [5, 5.41) is 3.34. The van der Waals surface area contributed by atoms with Crippen LogP contribution in [-0.2, 0) is 25.7 Å². The first kappa shape index (κ1) is 17.1. The number of nitrogens with zero attached hydrogens (tertiary/aromatic N) is 1. The van der Waals surface area contributed by atoms with Gasteiger partial charge in [-0.2, -0.15) is 0 Å². The van der Waals surface area contributed by atoms with Gasteiger partial charge in [0.2, 0.25) is 0 Å². The molecule has 0 unspecified atom stereocenters. The van der Waals surface area contributed by atoms with E-state index in [0.29, 0.717) is 6.54 Å². The average molecular weight is 334 g/mol. The number of nitrogens with one attached hydrogen (secondary N) is 1. The summed E-state index contributed by atoms with van der Waals surface area (Å²) in [7, 11) is 0. The Labute approximate surface area is 138 Å². The number of aromatic nitrogens is 1. The molecule has 2 aromatic rings. The second-order valence-electron chi connectivity index (χ2n) is 4.73. The van der Waals surface area contributed by atoms with Gasteiger partial charge in [-0.15, -0.1) is 17.9 Å². The predicted octanol–water partition coefficient (Wildman–Crippen LogP) is 2.05. The van der Waals surface area contributed by atoms with Crippen molar-refractivity contribution in [2.24, 2.45) is 0 Å². The minimum atomic E-state index is -0.867. The molecule has 0 spiro atoms. The van der Waals surface area contributed by atoms with Crippen molar-refractivity contribution < 1.29 is 19.1 Å². The number of benzene rings is 1. The second-order valence-corrected chi connectivity index (χ2v) is 5.85. The van der Waals surface area contributed by atoms with Gasteiger partial charge < -0.3 is 14.8 Å². The van der Waals surface area contributed by atoms with E-state index in [0.717, 1.165) is 15.2 Å². The molecular formula is C16H18N2O4S. The number of ether oxygens (including phenoxy) is 2. The van der Waals surface area contributed by atoms with Gasteiger partial charge in [0.05, 0.1) is 16.8 Å². The van der Waals surface area contributed by atoms with Gasteiger partial charge in [-0.3, -0.25) is 4.79 Å². The summed E-state index contributed by atoms with van der Waals surface area (Å²) in [6, 6.07) is 7.77. The maximum absolute atomic E-state index is 11.6. The largest absolute Gasteiger partial charge is 0.451 e. The minimum Gasteiger partial charge on any atom is -0.451 e. The minimum absolute atomic E-state index is 0.227. The molecule has 0 saturated heterocycles. The molecule has 1 aromatic carbocycles. The molecule has 7 heteroatoms. The van der Waals surface area contributed by atoms with Crippen molar-refractivity contribution in [1.29, 1.82) is 0 Å². The number of carbonyl (C=O) groups excluding carboxylic acids is 2. The maximum Gasteiger partial charge on any atom is 0.332 e. The van der Waals surface area contributed by atoms with Crippen molar-refractivity contribution in [3.05, 3.63) is 41.9 Å². The lowest BCUT2D eigenvalue weighted by Crippen LogP contribution is -2.36. The van der Waals surface area contributed by atoms with Crippen molar-refractivity contribution in [1.82, 2.24) is 10.3 Å². The van der Waals surface area contributed by atoms with E-state index in [-0.39, 0.29) is 19.1 Å². The lowest BCUT2D eigenvalue weighted by molar-refractivity contribution is -0.159. The van der Waals surface area contributed by atoms with Crippen molar-refractivity contribution in [3.63, 3.8) is 0 Å². The fourth-order valence-corrected chi connectivity index (χ4v) is 2.71. The van der Waals surface area contributed by atoms with Crippen molar-refractivity contribution in [2.45, 2.75) is 19.6 Å². The molecule has 0 aliphatic rings.